The first-order valence-electron chi connectivity index (χ1n) is 14.1. The van der Waals surface area contributed by atoms with Gasteiger partial charge in [-0.1, -0.05) is 27.7 Å². The zero-order chi connectivity index (χ0) is 29.6. The number of likely N-dealkylation sites (tertiary alicyclic amines) is 2. The van der Waals surface area contributed by atoms with Gasteiger partial charge in [0.1, 0.15) is 24.2 Å². The number of aromatic amines is 1. The molecule has 2 fully saturated rings. The van der Waals surface area contributed by atoms with E-state index in [0.29, 0.717) is 50.9 Å². The molecule has 5 atom stereocenters. The molecule has 40 heavy (non-hydrogen) atoms. The van der Waals surface area contributed by atoms with Gasteiger partial charge in [0.15, 0.2) is 0 Å². The molecule has 3 rings (SSSR count). The summed E-state index contributed by atoms with van der Waals surface area (Å²) >= 11 is 0. The van der Waals surface area contributed by atoms with Crippen LogP contribution in [0.2, 0.25) is 0 Å². The third-order valence-electron chi connectivity index (χ3n) is 7.54. The minimum Gasteiger partial charge on any atom is -0.480 e. The molecule has 4 amide bonds. The number of aliphatic carboxylic acids is 1. The number of carbonyl (C=O) groups is 5. The predicted octanol–water partition coefficient (Wildman–Crippen LogP) is 0.0178. The van der Waals surface area contributed by atoms with Crippen molar-refractivity contribution in [2.75, 3.05) is 13.1 Å². The molecule has 2 aliphatic heterocycles. The first-order chi connectivity index (χ1) is 18.9. The van der Waals surface area contributed by atoms with Crippen LogP contribution in [0.5, 0.6) is 0 Å². The highest BCUT2D eigenvalue weighted by Crippen LogP contribution is 2.22. The number of rotatable bonds is 12. The number of nitrogens with zero attached hydrogens (tertiary/aromatic N) is 3. The van der Waals surface area contributed by atoms with Gasteiger partial charge in [-0.05, 0) is 43.9 Å². The number of imidazole rings is 1. The zero-order valence-corrected chi connectivity index (χ0v) is 23.8. The summed E-state index contributed by atoms with van der Waals surface area (Å²) in [7, 11) is 0. The summed E-state index contributed by atoms with van der Waals surface area (Å²) in [6.45, 7) is 8.18. The van der Waals surface area contributed by atoms with E-state index in [1.807, 2.05) is 13.8 Å². The van der Waals surface area contributed by atoms with E-state index in [2.05, 4.69) is 20.6 Å². The average Bonchev–Trinajstić information content (AvgIpc) is 3.66. The topological polar surface area (TPSA) is 191 Å². The van der Waals surface area contributed by atoms with Gasteiger partial charge in [-0.15, -0.1) is 0 Å². The second-order valence-corrected chi connectivity index (χ2v) is 11.5. The standard InChI is InChI=1S/C27H43N7O6/c1-15(2)11-18(28)25(37)33-9-5-7-20(33)24(36)31-19(12-17-13-29-14-30-17)23(35)32-22(16(3)4)26(38)34-10-6-8-21(34)27(39)40/h13-16,18-22H,5-12,28H2,1-4H3,(H,29,30)(H,31,36)(H,32,35)(H,39,40)/t18-,19-,20-,21-,22-/m0/s1. The minimum absolute atomic E-state index is 0.0750. The number of hydrogen-bond acceptors (Lipinski definition) is 7. The van der Waals surface area contributed by atoms with Crippen molar-refractivity contribution in [1.82, 2.24) is 30.4 Å². The van der Waals surface area contributed by atoms with Gasteiger partial charge in [0.2, 0.25) is 23.6 Å². The summed E-state index contributed by atoms with van der Waals surface area (Å²) in [6, 6.07) is -4.45. The molecule has 13 nitrogen and oxygen atoms in total. The minimum atomic E-state index is -1.08. The quantitative estimate of drug-likeness (QED) is 0.236. The highest BCUT2D eigenvalue weighted by atomic mass is 16.4. The molecule has 13 heteroatoms. The lowest BCUT2D eigenvalue weighted by atomic mass is 10.0. The monoisotopic (exact) mass is 561 g/mol. The summed E-state index contributed by atoms with van der Waals surface area (Å²) in [5, 5.41) is 15.1. The van der Waals surface area contributed by atoms with Crippen LogP contribution in [0.3, 0.4) is 0 Å². The maximum atomic E-state index is 13.6. The van der Waals surface area contributed by atoms with E-state index in [9.17, 15) is 29.1 Å². The molecular formula is C27H43N7O6. The Bertz CT molecular complexity index is 1060. The van der Waals surface area contributed by atoms with E-state index in [1.54, 1.807) is 13.8 Å². The lowest BCUT2D eigenvalue weighted by Crippen LogP contribution is -2.59. The number of nitrogens with one attached hydrogen (secondary N) is 3. The van der Waals surface area contributed by atoms with Crippen LogP contribution in [0.15, 0.2) is 12.5 Å². The van der Waals surface area contributed by atoms with Gasteiger partial charge in [0.25, 0.3) is 0 Å². The van der Waals surface area contributed by atoms with Crippen molar-refractivity contribution in [2.45, 2.75) is 96.4 Å². The SMILES string of the molecule is CC(C)C[C@H](N)C(=O)N1CCC[C@H]1C(=O)N[C@@H](Cc1cnc[nH]1)C(=O)N[C@H](C(=O)N1CCC[C@H]1C(=O)O)C(C)C. The Balaban J connectivity index is 1.76. The first-order valence-corrected chi connectivity index (χ1v) is 14.1. The van der Waals surface area contributed by atoms with E-state index in [-0.39, 0.29) is 24.2 Å². The van der Waals surface area contributed by atoms with Gasteiger partial charge in [-0.3, -0.25) is 19.2 Å². The maximum absolute atomic E-state index is 13.6. The van der Waals surface area contributed by atoms with Crippen LogP contribution in [0, 0.1) is 11.8 Å². The van der Waals surface area contributed by atoms with Crippen LogP contribution in [0.1, 0.15) is 65.5 Å². The number of hydrogen-bond donors (Lipinski definition) is 5. The largest absolute Gasteiger partial charge is 0.480 e. The average molecular weight is 562 g/mol. The number of carboxylic acids is 1. The fourth-order valence-electron chi connectivity index (χ4n) is 5.45. The Hall–Kier alpha value is -3.48. The molecule has 0 radical (unpaired) electrons. The summed E-state index contributed by atoms with van der Waals surface area (Å²) in [4.78, 5) is 74.7. The summed E-state index contributed by atoms with van der Waals surface area (Å²) in [6.07, 6.45) is 5.58. The fraction of sp³-hybridized carbons (Fsp3) is 0.704. The molecule has 222 valence electrons. The van der Waals surface area contributed by atoms with Crippen molar-refractivity contribution in [2.24, 2.45) is 17.6 Å². The summed E-state index contributed by atoms with van der Waals surface area (Å²) in [5.74, 6) is -3.00. The maximum Gasteiger partial charge on any atom is 0.326 e. The van der Waals surface area contributed by atoms with Crippen LogP contribution in [0.25, 0.3) is 0 Å². The molecule has 0 aromatic carbocycles. The second-order valence-electron chi connectivity index (χ2n) is 11.5. The fourth-order valence-corrected chi connectivity index (χ4v) is 5.45. The Morgan fingerprint density at radius 1 is 1.02 bits per heavy atom. The van der Waals surface area contributed by atoms with Crippen LogP contribution in [-0.2, 0) is 30.4 Å². The summed E-state index contributed by atoms with van der Waals surface area (Å²) in [5.41, 5.74) is 6.72. The number of amides is 4. The lowest BCUT2D eigenvalue weighted by Gasteiger charge is -2.31. The van der Waals surface area contributed by atoms with E-state index < -0.39 is 53.9 Å². The molecule has 0 unspecified atom stereocenters. The van der Waals surface area contributed by atoms with Crippen molar-refractivity contribution in [1.29, 1.82) is 0 Å². The molecule has 0 bridgehead atoms. The van der Waals surface area contributed by atoms with Crippen LogP contribution >= 0.6 is 0 Å². The van der Waals surface area contributed by atoms with E-state index in [0.717, 1.165) is 0 Å². The van der Waals surface area contributed by atoms with Gasteiger partial charge >= 0.3 is 5.97 Å². The van der Waals surface area contributed by atoms with E-state index >= 15 is 0 Å². The van der Waals surface area contributed by atoms with Crippen molar-refractivity contribution in [3.63, 3.8) is 0 Å². The number of carbonyl (C=O) groups excluding carboxylic acids is 4. The first kappa shape index (κ1) is 31.1. The number of nitrogens with two attached hydrogens (primary N) is 1. The normalized spacial score (nSPS) is 21.4. The molecule has 0 spiro atoms. The molecule has 2 aliphatic rings. The van der Waals surface area contributed by atoms with Gasteiger partial charge in [-0.25, -0.2) is 9.78 Å². The number of aromatic nitrogens is 2. The Morgan fingerprint density at radius 2 is 1.65 bits per heavy atom. The Labute approximate surface area is 234 Å². The van der Waals surface area contributed by atoms with Gasteiger partial charge in [-0.2, -0.15) is 0 Å². The predicted molar refractivity (Wildman–Crippen MR) is 146 cm³/mol. The van der Waals surface area contributed by atoms with Crippen molar-refractivity contribution in [3.05, 3.63) is 18.2 Å². The second kappa shape index (κ2) is 13.7. The van der Waals surface area contributed by atoms with E-state index in [1.165, 1.54) is 22.3 Å². The highest BCUT2D eigenvalue weighted by Gasteiger charge is 2.41. The Kier molecular flexibility index (Phi) is 10.7. The lowest BCUT2D eigenvalue weighted by molar-refractivity contribution is -0.150. The highest BCUT2D eigenvalue weighted by molar-refractivity contribution is 5.96. The molecule has 2 saturated heterocycles. The van der Waals surface area contributed by atoms with Gasteiger partial charge in [0.05, 0.1) is 12.4 Å². The van der Waals surface area contributed by atoms with Crippen LogP contribution in [0.4, 0.5) is 0 Å². The molecule has 1 aromatic rings. The molecule has 1 aromatic heterocycles. The van der Waals surface area contributed by atoms with Crippen LogP contribution in [-0.4, -0.2) is 97.8 Å². The smallest absolute Gasteiger partial charge is 0.326 e. The molecular weight excluding hydrogens is 518 g/mol. The van der Waals surface area contributed by atoms with Crippen LogP contribution < -0.4 is 16.4 Å². The molecule has 0 saturated carbocycles. The number of carboxylic acid groups (broad SMARTS) is 1. The molecule has 6 N–H and O–H groups in total. The molecule has 0 aliphatic carbocycles. The third-order valence-corrected chi connectivity index (χ3v) is 7.54. The van der Waals surface area contributed by atoms with Crippen molar-refractivity contribution >= 4 is 29.6 Å². The zero-order valence-electron chi connectivity index (χ0n) is 23.8. The third kappa shape index (κ3) is 7.58. The molecule has 3 heterocycles. The Morgan fingerprint density at radius 3 is 2.20 bits per heavy atom. The van der Waals surface area contributed by atoms with Crippen molar-refractivity contribution in [3.8, 4) is 0 Å². The van der Waals surface area contributed by atoms with E-state index in [4.69, 9.17) is 5.73 Å². The van der Waals surface area contributed by atoms with Crippen molar-refractivity contribution < 1.29 is 29.1 Å². The number of H-pyrrole nitrogens is 1. The van der Waals surface area contributed by atoms with Gasteiger partial charge in [0, 0.05) is 31.4 Å². The summed E-state index contributed by atoms with van der Waals surface area (Å²) < 4.78 is 0. The van der Waals surface area contributed by atoms with Gasteiger partial charge < -0.3 is 36.3 Å².